The molecular weight excluding hydrogens is 451 g/mol. The monoisotopic (exact) mass is 478 g/mol. The number of rotatable bonds is 6. The molecule has 0 saturated heterocycles. The van der Waals surface area contributed by atoms with Gasteiger partial charge in [0.15, 0.2) is 5.96 Å². The normalized spacial score (nSPS) is 11.3. The van der Waals surface area contributed by atoms with Crippen molar-refractivity contribution in [3.63, 3.8) is 0 Å². The Bertz CT molecular complexity index is 858. The number of aryl methyl sites for hydroxylation is 1. The summed E-state index contributed by atoms with van der Waals surface area (Å²) in [6.07, 6.45) is 4.64. The van der Waals surface area contributed by atoms with Crippen LogP contribution in [-0.2, 0) is 13.0 Å². The van der Waals surface area contributed by atoms with Gasteiger partial charge in [-0.1, -0.05) is 18.2 Å². The third kappa shape index (κ3) is 5.69. The third-order valence-electron chi connectivity index (χ3n) is 4.35. The second kappa shape index (κ2) is 10.3. The zero-order valence-corrected chi connectivity index (χ0v) is 18.4. The van der Waals surface area contributed by atoms with Crippen molar-refractivity contribution < 1.29 is 4.42 Å². The molecule has 6 heteroatoms. The van der Waals surface area contributed by atoms with E-state index < -0.39 is 0 Å². The van der Waals surface area contributed by atoms with Gasteiger partial charge in [-0.15, -0.1) is 24.0 Å². The number of hydrogen-bond acceptors (Lipinski definition) is 3. The molecule has 27 heavy (non-hydrogen) atoms. The van der Waals surface area contributed by atoms with Crippen LogP contribution in [0.15, 0.2) is 58.2 Å². The largest absolute Gasteiger partial charge is 0.459 e. The molecule has 1 aromatic carbocycles. The lowest BCUT2D eigenvalue weighted by Crippen LogP contribution is -2.38. The molecule has 144 valence electrons. The summed E-state index contributed by atoms with van der Waals surface area (Å²) in [6, 6.07) is 12.2. The Morgan fingerprint density at radius 3 is 2.81 bits per heavy atom. The highest BCUT2D eigenvalue weighted by Gasteiger charge is 2.10. The summed E-state index contributed by atoms with van der Waals surface area (Å²) in [7, 11) is 2.03. The van der Waals surface area contributed by atoms with Gasteiger partial charge in [-0.3, -0.25) is 9.98 Å². The van der Waals surface area contributed by atoms with Crippen molar-refractivity contribution in [3.8, 4) is 0 Å². The fraction of sp³-hybridized carbons (Fsp3) is 0.333. The molecular formula is C21H27IN4O. The number of guanidine groups is 1. The van der Waals surface area contributed by atoms with Gasteiger partial charge in [0.2, 0.25) is 0 Å². The van der Waals surface area contributed by atoms with Crippen LogP contribution >= 0.6 is 24.0 Å². The number of aliphatic imine (C=N–C) groups is 1. The number of furan rings is 1. The number of nitrogens with one attached hydrogen (secondary N) is 1. The van der Waals surface area contributed by atoms with Gasteiger partial charge in [-0.2, -0.15) is 0 Å². The standard InChI is InChI=1S/C21H26N4O.HI/c1-4-23-21(24-12-10-17-9-11-22-14-16(17)2)25(3)15-19-13-18-7-5-6-8-20(18)26-19;/h5-9,11,13-14H,4,10,12,15H2,1-3H3,(H,23,24);1H. The van der Waals surface area contributed by atoms with E-state index in [0.717, 1.165) is 42.2 Å². The Kier molecular flexibility index (Phi) is 8.09. The molecule has 3 aromatic rings. The predicted molar refractivity (Wildman–Crippen MR) is 122 cm³/mol. The number of hydrogen-bond donors (Lipinski definition) is 1. The molecule has 2 heterocycles. The summed E-state index contributed by atoms with van der Waals surface area (Å²) in [5.41, 5.74) is 3.42. The van der Waals surface area contributed by atoms with E-state index in [1.165, 1.54) is 11.1 Å². The van der Waals surface area contributed by atoms with Gasteiger partial charge >= 0.3 is 0 Å². The van der Waals surface area contributed by atoms with Crippen molar-refractivity contribution >= 4 is 40.9 Å². The second-order valence-corrected chi connectivity index (χ2v) is 6.39. The Morgan fingerprint density at radius 2 is 2.07 bits per heavy atom. The topological polar surface area (TPSA) is 53.7 Å². The summed E-state index contributed by atoms with van der Waals surface area (Å²) < 4.78 is 5.93. The Balaban J connectivity index is 0.00000261. The molecule has 0 bridgehead atoms. The van der Waals surface area contributed by atoms with Crippen LogP contribution < -0.4 is 5.32 Å². The number of fused-ring (bicyclic) bond motifs is 1. The summed E-state index contributed by atoms with van der Waals surface area (Å²) in [4.78, 5) is 11.0. The average Bonchev–Trinajstić information content (AvgIpc) is 3.04. The Morgan fingerprint density at radius 1 is 1.26 bits per heavy atom. The molecule has 0 amide bonds. The maximum absolute atomic E-state index is 5.93. The minimum atomic E-state index is 0. The Hall–Kier alpha value is -2.09. The van der Waals surface area contributed by atoms with E-state index in [0.29, 0.717) is 6.54 Å². The van der Waals surface area contributed by atoms with Crippen LogP contribution in [0, 0.1) is 6.92 Å². The summed E-state index contributed by atoms with van der Waals surface area (Å²) in [6.45, 7) is 6.41. The van der Waals surface area contributed by atoms with Crippen LogP contribution in [0.2, 0.25) is 0 Å². The maximum atomic E-state index is 5.93. The number of halogens is 1. The molecule has 0 radical (unpaired) electrons. The summed E-state index contributed by atoms with van der Waals surface area (Å²) in [5.74, 6) is 1.82. The van der Waals surface area contributed by atoms with Crippen molar-refractivity contribution in [3.05, 3.63) is 65.7 Å². The van der Waals surface area contributed by atoms with E-state index in [2.05, 4.69) is 47.2 Å². The molecule has 2 aromatic heterocycles. The molecule has 5 nitrogen and oxygen atoms in total. The molecule has 0 aliphatic rings. The molecule has 3 rings (SSSR count). The van der Waals surface area contributed by atoms with Gasteiger partial charge in [0, 0.05) is 37.9 Å². The SMILES string of the molecule is CCNC(=NCCc1ccncc1C)N(C)Cc1cc2ccccc2o1.I. The van der Waals surface area contributed by atoms with Crippen LogP contribution in [-0.4, -0.2) is 36.0 Å². The number of aromatic nitrogens is 1. The highest BCUT2D eigenvalue weighted by Crippen LogP contribution is 2.19. The molecule has 0 saturated carbocycles. The van der Waals surface area contributed by atoms with Crippen molar-refractivity contribution in [1.82, 2.24) is 15.2 Å². The van der Waals surface area contributed by atoms with E-state index >= 15 is 0 Å². The smallest absolute Gasteiger partial charge is 0.194 e. The van der Waals surface area contributed by atoms with Gasteiger partial charge in [0.1, 0.15) is 11.3 Å². The Labute approximate surface area is 177 Å². The summed E-state index contributed by atoms with van der Waals surface area (Å²) >= 11 is 0. The van der Waals surface area contributed by atoms with Gasteiger partial charge in [-0.05, 0) is 49.6 Å². The van der Waals surface area contributed by atoms with Crippen LogP contribution in [0.25, 0.3) is 11.0 Å². The average molecular weight is 478 g/mol. The van der Waals surface area contributed by atoms with E-state index in [1.807, 2.05) is 37.6 Å². The zero-order chi connectivity index (χ0) is 18.4. The van der Waals surface area contributed by atoms with Crippen LogP contribution in [0.4, 0.5) is 0 Å². The van der Waals surface area contributed by atoms with Crippen molar-refractivity contribution in [2.45, 2.75) is 26.8 Å². The first-order valence-corrected chi connectivity index (χ1v) is 9.03. The zero-order valence-electron chi connectivity index (χ0n) is 16.1. The molecule has 0 fully saturated rings. The van der Waals surface area contributed by atoms with E-state index in [1.54, 1.807) is 0 Å². The lowest BCUT2D eigenvalue weighted by molar-refractivity contribution is 0.412. The maximum Gasteiger partial charge on any atom is 0.194 e. The fourth-order valence-corrected chi connectivity index (χ4v) is 2.96. The number of pyridine rings is 1. The van der Waals surface area contributed by atoms with Crippen molar-refractivity contribution in [2.24, 2.45) is 4.99 Å². The number of nitrogens with zero attached hydrogens (tertiary/aromatic N) is 3. The van der Waals surface area contributed by atoms with E-state index in [4.69, 9.17) is 9.41 Å². The van der Waals surface area contributed by atoms with Gasteiger partial charge in [0.25, 0.3) is 0 Å². The molecule has 0 aliphatic carbocycles. The lowest BCUT2D eigenvalue weighted by atomic mass is 10.1. The minimum absolute atomic E-state index is 0. The highest BCUT2D eigenvalue weighted by atomic mass is 127. The molecule has 0 spiro atoms. The van der Waals surface area contributed by atoms with E-state index in [9.17, 15) is 0 Å². The van der Waals surface area contributed by atoms with Gasteiger partial charge in [0.05, 0.1) is 6.54 Å². The second-order valence-electron chi connectivity index (χ2n) is 6.39. The number of benzene rings is 1. The first kappa shape index (κ1) is 21.2. The van der Waals surface area contributed by atoms with Crippen molar-refractivity contribution in [2.75, 3.05) is 20.1 Å². The first-order valence-electron chi connectivity index (χ1n) is 9.03. The van der Waals surface area contributed by atoms with Crippen LogP contribution in [0.1, 0.15) is 23.8 Å². The fourth-order valence-electron chi connectivity index (χ4n) is 2.96. The first-order chi connectivity index (χ1) is 12.7. The van der Waals surface area contributed by atoms with Gasteiger partial charge < -0.3 is 14.6 Å². The van der Waals surface area contributed by atoms with Gasteiger partial charge in [-0.25, -0.2) is 0 Å². The quantitative estimate of drug-likeness (QED) is 0.324. The van der Waals surface area contributed by atoms with Crippen LogP contribution in [0.5, 0.6) is 0 Å². The molecule has 0 atom stereocenters. The summed E-state index contributed by atoms with van der Waals surface area (Å²) in [5, 5.41) is 4.49. The molecule has 1 N–H and O–H groups in total. The third-order valence-corrected chi connectivity index (χ3v) is 4.35. The highest BCUT2D eigenvalue weighted by molar-refractivity contribution is 14.0. The van der Waals surface area contributed by atoms with Crippen LogP contribution in [0.3, 0.4) is 0 Å². The predicted octanol–water partition coefficient (Wildman–Crippen LogP) is 4.39. The molecule has 0 unspecified atom stereocenters. The lowest BCUT2D eigenvalue weighted by Gasteiger charge is -2.21. The van der Waals surface area contributed by atoms with E-state index in [-0.39, 0.29) is 24.0 Å². The number of para-hydroxylation sites is 1. The molecule has 0 aliphatic heterocycles. The van der Waals surface area contributed by atoms with Crippen molar-refractivity contribution in [1.29, 1.82) is 0 Å². The minimum Gasteiger partial charge on any atom is -0.459 e.